The van der Waals surface area contributed by atoms with Gasteiger partial charge in [-0.25, -0.2) is 15.1 Å². The Labute approximate surface area is 236 Å². The van der Waals surface area contributed by atoms with Crippen LogP contribution in [0, 0.1) is 12.8 Å². The molecule has 5 rings (SSSR count). The molecular formula is C26H30ClN5O5S2. The SMILES string of the molecule is Cc1ccc2c(c1)C(c1cc(C(=O)c3cncnc3N[C@@H]3C[C@H](COS(N)(=O)=O)[C@@H](O)C3)sc1Cl)N(C)CC2. The Morgan fingerprint density at radius 1 is 1.31 bits per heavy atom. The zero-order chi connectivity index (χ0) is 27.9. The minimum Gasteiger partial charge on any atom is -0.393 e. The predicted octanol–water partition coefficient (Wildman–Crippen LogP) is 3.08. The Morgan fingerprint density at radius 2 is 2.10 bits per heavy atom. The molecule has 0 spiro atoms. The molecule has 3 heterocycles. The average molecular weight is 592 g/mol. The zero-order valence-corrected chi connectivity index (χ0v) is 23.9. The third-order valence-electron chi connectivity index (χ3n) is 7.40. The second-order valence-electron chi connectivity index (χ2n) is 10.2. The summed E-state index contributed by atoms with van der Waals surface area (Å²) in [5.74, 6) is -0.353. The van der Waals surface area contributed by atoms with Crippen molar-refractivity contribution in [1.29, 1.82) is 0 Å². The molecule has 39 heavy (non-hydrogen) atoms. The van der Waals surface area contributed by atoms with E-state index < -0.39 is 22.3 Å². The summed E-state index contributed by atoms with van der Waals surface area (Å²) in [6.45, 7) is 2.73. The number of ketones is 1. The number of aliphatic hydroxyl groups is 1. The highest BCUT2D eigenvalue weighted by atomic mass is 35.5. The van der Waals surface area contributed by atoms with Crippen LogP contribution in [0.2, 0.25) is 4.34 Å². The molecule has 0 radical (unpaired) electrons. The van der Waals surface area contributed by atoms with Gasteiger partial charge in [-0.3, -0.25) is 13.9 Å². The molecule has 4 N–H and O–H groups in total. The summed E-state index contributed by atoms with van der Waals surface area (Å²) in [4.78, 5) is 24.8. The third kappa shape index (κ3) is 6.17. The van der Waals surface area contributed by atoms with Crippen molar-refractivity contribution < 1.29 is 22.5 Å². The van der Waals surface area contributed by atoms with Gasteiger partial charge in [-0.2, -0.15) is 8.42 Å². The standard InChI is InChI=1S/C26H30ClN5O5S2/c1-14-3-4-15-5-6-32(2)23(18(15)7-14)19-10-22(38-25(19)27)24(34)20-11-29-13-30-26(20)31-17-8-16(21(33)9-17)12-37-39(28,35)36/h3-4,7,10-11,13,16-17,21,23,33H,5-6,8-9,12H2,1-2H3,(H2,28,35,36)(H,29,30,31)/t16-,17-,21+,23?/m1/s1. The van der Waals surface area contributed by atoms with Crippen molar-refractivity contribution in [3.05, 3.63) is 73.8 Å². The summed E-state index contributed by atoms with van der Waals surface area (Å²) < 4.78 is 27.5. The molecular weight excluding hydrogens is 562 g/mol. The lowest BCUT2D eigenvalue weighted by molar-refractivity contribution is 0.101. The quantitative estimate of drug-likeness (QED) is 0.336. The Bertz CT molecular complexity index is 1500. The number of aliphatic hydroxyl groups excluding tert-OH is 1. The first kappa shape index (κ1) is 28.1. The summed E-state index contributed by atoms with van der Waals surface area (Å²) in [6.07, 6.45) is 3.72. The fourth-order valence-corrected chi connectivity index (χ4v) is 7.11. The fourth-order valence-electron chi connectivity index (χ4n) is 5.46. The summed E-state index contributed by atoms with van der Waals surface area (Å²) in [6, 6.07) is 8.03. The lowest BCUT2D eigenvalue weighted by Gasteiger charge is -2.35. The van der Waals surface area contributed by atoms with Gasteiger partial charge in [-0.05, 0) is 50.4 Å². The number of carbonyl (C=O) groups is 1. The number of nitrogens with zero attached hydrogens (tertiary/aromatic N) is 3. The summed E-state index contributed by atoms with van der Waals surface area (Å²) in [5, 5.41) is 18.5. The number of rotatable bonds is 8. The molecule has 3 aromatic rings. The lowest BCUT2D eigenvalue weighted by Crippen LogP contribution is -2.32. The molecule has 1 fully saturated rings. The van der Waals surface area contributed by atoms with E-state index in [1.54, 1.807) is 0 Å². The molecule has 4 atom stereocenters. The van der Waals surface area contributed by atoms with E-state index in [2.05, 4.69) is 56.5 Å². The van der Waals surface area contributed by atoms with Crippen molar-refractivity contribution >= 4 is 44.8 Å². The monoisotopic (exact) mass is 591 g/mol. The van der Waals surface area contributed by atoms with Crippen LogP contribution >= 0.6 is 22.9 Å². The van der Waals surface area contributed by atoms with Crippen LogP contribution in [0.15, 0.2) is 36.8 Å². The smallest absolute Gasteiger partial charge is 0.333 e. The summed E-state index contributed by atoms with van der Waals surface area (Å²) in [5.41, 5.74) is 4.84. The molecule has 13 heteroatoms. The average Bonchev–Trinajstić information content (AvgIpc) is 3.43. The molecule has 10 nitrogen and oxygen atoms in total. The van der Waals surface area contributed by atoms with E-state index in [4.69, 9.17) is 16.7 Å². The van der Waals surface area contributed by atoms with Gasteiger partial charge in [0.05, 0.1) is 33.5 Å². The lowest BCUT2D eigenvalue weighted by atomic mass is 9.88. The largest absolute Gasteiger partial charge is 0.393 e. The number of thiophene rings is 1. The van der Waals surface area contributed by atoms with Crippen LogP contribution in [0.3, 0.4) is 0 Å². The number of nitrogens with two attached hydrogens (primary N) is 1. The van der Waals surface area contributed by atoms with E-state index in [1.807, 2.05) is 6.07 Å². The van der Waals surface area contributed by atoms with Gasteiger partial charge in [0.25, 0.3) is 0 Å². The van der Waals surface area contributed by atoms with Crippen LogP contribution < -0.4 is 10.5 Å². The number of anilines is 1. The Morgan fingerprint density at radius 3 is 2.87 bits per heavy atom. The van der Waals surface area contributed by atoms with Crippen LogP contribution in [0.5, 0.6) is 0 Å². The number of aromatic nitrogens is 2. The van der Waals surface area contributed by atoms with Crippen molar-refractivity contribution in [3.8, 4) is 0 Å². The zero-order valence-electron chi connectivity index (χ0n) is 21.5. The Kier molecular flexibility index (Phi) is 8.07. The number of likely N-dealkylation sites (N-methyl/N-ethyl adjacent to an activating group) is 1. The number of benzene rings is 1. The molecule has 2 aliphatic rings. The first-order valence-electron chi connectivity index (χ1n) is 12.6. The minimum atomic E-state index is -4.10. The Hall–Kier alpha value is -2.45. The van der Waals surface area contributed by atoms with Gasteiger partial charge in [0.1, 0.15) is 12.1 Å². The number of hydrogen-bond acceptors (Lipinski definition) is 10. The molecule has 1 aliphatic heterocycles. The van der Waals surface area contributed by atoms with Gasteiger partial charge in [-0.15, -0.1) is 11.3 Å². The maximum Gasteiger partial charge on any atom is 0.333 e. The fraction of sp³-hybridized carbons (Fsp3) is 0.423. The number of fused-ring (bicyclic) bond motifs is 1. The van der Waals surface area contributed by atoms with Crippen LogP contribution in [-0.2, 0) is 20.9 Å². The highest BCUT2D eigenvalue weighted by Crippen LogP contribution is 2.42. The number of nitrogens with one attached hydrogen (secondary N) is 1. The number of carbonyl (C=O) groups excluding carboxylic acids is 1. The first-order valence-corrected chi connectivity index (χ1v) is 15.2. The molecule has 208 valence electrons. The van der Waals surface area contributed by atoms with Crippen molar-refractivity contribution in [3.63, 3.8) is 0 Å². The predicted molar refractivity (Wildman–Crippen MR) is 149 cm³/mol. The van der Waals surface area contributed by atoms with Gasteiger partial charge in [0, 0.05) is 30.3 Å². The van der Waals surface area contributed by atoms with Gasteiger partial charge >= 0.3 is 10.3 Å². The topological polar surface area (TPSA) is 148 Å². The van der Waals surface area contributed by atoms with Gasteiger partial charge in [-0.1, -0.05) is 35.4 Å². The van der Waals surface area contributed by atoms with E-state index in [1.165, 1.54) is 40.6 Å². The van der Waals surface area contributed by atoms with Crippen LogP contribution in [0.1, 0.15) is 56.4 Å². The highest BCUT2D eigenvalue weighted by Gasteiger charge is 2.35. The van der Waals surface area contributed by atoms with E-state index in [-0.39, 0.29) is 30.0 Å². The van der Waals surface area contributed by atoms with Gasteiger partial charge in [0.15, 0.2) is 0 Å². The molecule has 0 saturated heterocycles. The highest BCUT2D eigenvalue weighted by molar-refractivity contribution is 7.84. The number of halogens is 1. The molecule has 1 unspecified atom stereocenters. The maximum absolute atomic E-state index is 13.7. The van der Waals surface area contributed by atoms with Crippen molar-refractivity contribution in [1.82, 2.24) is 14.9 Å². The van der Waals surface area contributed by atoms with Crippen molar-refractivity contribution in [2.75, 3.05) is 25.5 Å². The Balaban J connectivity index is 1.37. The summed E-state index contributed by atoms with van der Waals surface area (Å²) in [7, 11) is -2.04. The molecule has 1 aromatic carbocycles. The first-order chi connectivity index (χ1) is 18.5. The molecule has 0 amide bonds. The van der Waals surface area contributed by atoms with Crippen LogP contribution in [0.25, 0.3) is 0 Å². The molecule has 1 saturated carbocycles. The summed E-state index contributed by atoms with van der Waals surface area (Å²) >= 11 is 7.99. The van der Waals surface area contributed by atoms with E-state index in [0.29, 0.717) is 27.9 Å². The van der Waals surface area contributed by atoms with E-state index >= 15 is 0 Å². The maximum atomic E-state index is 13.7. The molecule has 1 aliphatic carbocycles. The van der Waals surface area contributed by atoms with Crippen molar-refractivity contribution in [2.24, 2.45) is 11.1 Å². The minimum absolute atomic E-state index is 0.0555. The normalized spacial score (nSPS) is 23.5. The second kappa shape index (κ2) is 11.2. The molecule has 2 aromatic heterocycles. The van der Waals surface area contributed by atoms with Gasteiger partial charge < -0.3 is 10.4 Å². The van der Waals surface area contributed by atoms with E-state index in [9.17, 15) is 18.3 Å². The molecule has 0 bridgehead atoms. The number of aryl methyl sites for hydroxylation is 1. The van der Waals surface area contributed by atoms with E-state index in [0.717, 1.165) is 18.5 Å². The van der Waals surface area contributed by atoms with Crippen LogP contribution in [0.4, 0.5) is 5.82 Å². The second-order valence-corrected chi connectivity index (χ2v) is 13.1. The number of hydrogen-bond donors (Lipinski definition) is 3. The van der Waals surface area contributed by atoms with Crippen molar-refractivity contribution in [2.45, 2.75) is 44.4 Å². The van der Waals surface area contributed by atoms with Gasteiger partial charge in [0.2, 0.25) is 5.78 Å². The third-order valence-corrected chi connectivity index (χ3v) is 9.26. The van der Waals surface area contributed by atoms with Crippen LogP contribution in [-0.4, -0.2) is 66.5 Å².